The van der Waals surface area contributed by atoms with Crippen molar-refractivity contribution >= 4 is 17.3 Å². The summed E-state index contributed by atoms with van der Waals surface area (Å²) in [6.07, 6.45) is 1.64. The van der Waals surface area contributed by atoms with Crippen LogP contribution in [0.1, 0.15) is 21.6 Å². The zero-order chi connectivity index (χ0) is 20.6. The molecule has 0 atom stereocenters. The van der Waals surface area contributed by atoms with Crippen LogP contribution in [0.3, 0.4) is 0 Å². The predicted molar refractivity (Wildman–Crippen MR) is 115 cm³/mol. The van der Waals surface area contributed by atoms with E-state index in [0.29, 0.717) is 18.8 Å². The number of methoxy groups -OCH3 is 1. The summed E-state index contributed by atoms with van der Waals surface area (Å²) in [4.78, 5) is 16.6. The first-order valence-corrected chi connectivity index (χ1v) is 9.40. The molecule has 0 bridgehead atoms. The Hall–Kier alpha value is -3.54. The van der Waals surface area contributed by atoms with Crippen molar-refractivity contribution in [1.82, 2.24) is 4.98 Å². The van der Waals surface area contributed by atoms with Crippen molar-refractivity contribution in [3.8, 4) is 11.5 Å². The fourth-order valence-corrected chi connectivity index (χ4v) is 2.91. The highest BCUT2D eigenvalue weighted by molar-refractivity contribution is 6.03. The third-order valence-corrected chi connectivity index (χ3v) is 4.24. The monoisotopic (exact) mass is 391 g/mol. The minimum atomic E-state index is -0.232. The van der Waals surface area contributed by atoms with E-state index in [1.54, 1.807) is 19.4 Å². The highest BCUT2D eigenvalue weighted by atomic mass is 16.5. The molecular formula is C23H25N3O3. The first-order chi connectivity index (χ1) is 14.0. The van der Waals surface area contributed by atoms with Gasteiger partial charge in [0.1, 0.15) is 23.8 Å². The number of hydrogen-bond acceptors (Lipinski definition) is 5. The zero-order valence-electron chi connectivity index (χ0n) is 16.9. The molecule has 1 aromatic heterocycles. The van der Waals surface area contributed by atoms with Crippen LogP contribution in [0, 0.1) is 13.8 Å². The Morgan fingerprint density at radius 2 is 1.62 bits per heavy atom. The van der Waals surface area contributed by atoms with Gasteiger partial charge < -0.3 is 20.1 Å². The fourth-order valence-electron chi connectivity index (χ4n) is 2.91. The van der Waals surface area contributed by atoms with Crippen molar-refractivity contribution in [2.75, 3.05) is 30.9 Å². The van der Waals surface area contributed by atoms with Crippen LogP contribution in [0.4, 0.5) is 11.4 Å². The second kappa shape index (κ2) is 9.59. The lowest BCUT2D eigenvalue weighted by molar-refractivity contribution is 0.102. The number of carbonyl (C=O) groups excluding carboxylic acids is 1. The Morgan fingerprint density at radius 1 is 0.931 bits per heavy atom. The topological polar surface area (TPSA) is 72.5 Å². The highest BCUT2D eigenvalue weighted by Gasteiger charge is 2.08. The molecule has 0 aliphatic heterocycles. The molecule has 3 aromatic rings. The number of aryl methyl sites for hydroxylation is 2. The zero-order valence-corrected chi connectivity index (χ0v) is 16.9. The van der Waals surface area contributed by atoms with Crippen LogP contribution in [0.2, 0.25) is 0 Å². The fraction of sp³-hybridized carbons (Fsp3) is 0.217. The van der Waals surface area contributed by atoms with Gasteiger partial charge in [-0.3, -0.25) is 4.79 Å². The van der Waals surface area contributed by atoms with Crippen LogP contribution in [-0.4, -0.2) is 31.2 Å². The number of ether oxygens (including phenoxy) is 2. The quantitative estimate of drug-likeness (QED) is 0.555. The number of anilines is 2. The number of amides is 1. The van der Waals surface area contributed by atoms with Crippen molar-refractivity contribution < 1.29 is 14.3 Å². The number of pyridine rings is 1. The van der Waals surface area contributed by atoms with Crippen molar-refractivity contribution in [3.63, 3.8) is 0 Å². The van der Waals surface area contributed by atoms with Gasteiger partial charge in [-0.05, 0) is 73.5 Å². The summed E-state index contributed by atoms with van der Waals surface area (Å²) >= 11 is 0. The van der Waals surface area contributed by atoms with E-state index in [2.05, 4.69) is 21.7 Å². The highest BCUT2D eigenvalue weighted by Crippen LogP contribution is 2.17. The first kappa shape index (κ1) is 20.2. The number of nitrogens with one attached hydrogen (secondary N) is 2. The third-order valence-electron chi connectivity index (χ3n) is 4.24. The van der Waals surface area contributed by atoms with Gasteiger partial charge in [-0.1, -0.05) is 6.07 Å². The molecule has 6 heteroatoms. The van der Waals surface area contributed by atoms with E-state index in [1.807, 2.05) is 56.3 Å². The van der Waals surface area contributed by atoms with Crippen molar-refractivity contribution in [1.29, 1.82) is 0 Å². The molecule has 2 N–H and O–H groups in total. The van der Waals surface area contributed by atoms with Crippen LogP contribution < -0.4 is 20.1 Å². The minimum Gasteiger partial charge on any atom is -0.497 e. The molecule has 0 aliphatic rings. The van der Waals surface area contributed by atoms with Gasteiger partial charge in [-0.15, -0.1) is 0 Å². The van der Waals surface area contributed by atoms with E-state index < -0.39 is 0 Å². The SMILES string of the molecule is COc1ccc(OCCNc2ccc(C(=O)Nc3cc(C)cc(C)c3)nc2)cc1. The van der Waals surface area contributed by atoms with Crippen LogP contribution in [0.5, 0.6) is 11.5 Å². The molecule has 0 spiro atoms. The Balaban J connectivity index is 1.47. The van der Waals surface area contributed by atoms with Crippen LogP contribution in [-0.2, 0) is 0 Å². The Morgan fingerprint density at radius 3 is 2.24 bits per heavy atom. The molecule has 1 heterocycles. The summed E-state index contributed by atoms with van der Waals surface area (Å²) in [7, 11) is 1.63. The summed E-state index contributed by atoms with van der Waals surface area (Å²) in [6.45, 7) is 5.11. The van der Waals surface area contributed by atoms with E-state index >= 15 is 0 Å². The van der Waals surface area contributed by atoms with E-state index in [0.717, 1.165) is 34.0 Å². The van der Waals surface area contributed by atoms with Crippen molar-refractivity contribution in [3.05, 3.63) is 77.6 Å². The third kappa shape index (κ3) is 5.97. The minimum absolute atomic E-state index is 0.232. The van der Waals surface area contributed by atoms with Gasteiger partial charge in [0, 0.05) is 12.2 Å². The second-order valence-electron chi connectivity index (χ2n) is 6.71. The Kier molecular flexibility index (Phi) is 6.68. The maximum absolute atomic E-state index is 12.4. The maximum atomic E-state index is 12.4. The second-order valence-corrected chi connectivity index (χ2v) is 6.71. The summed E-state index contributed by atoms with van der Waals surface area (Å²) in [5.41, 5.74) is 4.16. The number of nitrogens with zero attached hydrogens (tertiary/aromatic N) is 1. The molecule has 29 heavy (non-hydrogen) atoms. The number of aromatic nitrogens is 1. The molecule has 1 amide bonds. The lowest BCUT2D eigenvalue weighted by Crippen LogP contribution is -2.15. The summed E-state index contributed by atoms with van der Waals surface area (Å²) < 4.78 is 10.8. The molecule has 0 saturated heterocycles. The Labute approximate surface area is 170 Å². The smallest absolute Gasteiger partial charge is 0.274 e. The molecule has 0 saturated carbocycles. The van der Waals surface area contributed by atoms with Gasteiger partial charge in [0.15, 0.2) is 0 Å². The molecule has 0 fully saturated rings. The molecule has 0 unspecified atom stereocenters. The standard InChI is InChI=1S/C23H25N3O3/c1-16-12-17(2)14-19(13-16)26-23(27)22-9-4-18(15-25-22)24-10-11-29-21-7-5-20(28-3)6-8-21/h4-9,12-15,24H,10-11H2,1-3H3,(H,26,27). The molecule has 150 valence electrons. The predicted octanol–water partition coefficient (Wildman–Crippen LogP) is 4.45. The van der Waals surface area contributed by atoms with Gasteiger partial charge in [-0.25, -0.2) is 4.98 Å². The molecule has 3 rings (SSSR count). The average molecular weight is 391 g/mol. The average Bonchev–Trinajstić information content (AvgIpc) is 2.71. The number of rotatable bonds is 8. The lowest BCUT2D eigenvalue weighted by Gasteiger charge is -2.10. The number of hydrogen-bond donors (Lipinski definition) is 2. The lowest BCUT2D eigenvalue weighted by atomic mass is 10.1. The van der Waals surface area contributed by atoms with Gasteiger partial charge in [0.05, 0.1) is 19.0 Å². The van der Waals surface area contributed by atoms with E-state index in [1.165, 1.54) is 0 Å². The van der Waals surface area contributed by atoms with E-state index in [-0.39, 0.29) is 5.91 Å². The Bertz CT molecular complexity index is 934. The first-order valence-electron chi connectivity index (χ1n) is 9.40. The van der Waals surface area contributed by atoms with Crippen LogP contribution >= 0.6 is 0 Å². The maximum Gasteiger partial charge on any atom is 0.274 e. The van der Waals surface area contributed by atoms with Gasteiger partial charge in [0.2, 0.25) is 0 Å². The van der Waals surface area contributed by atoms with Crippen LogP contribution in [0.15, 0.2) is 60.8 Å². The van der Waals surface area contributed by atoms with E-state index in [9.17, 15) is 4.79 Å². The molecule has 6 nitrogen and oxygen atoms in total. The van der Waals surface area contributed by atoms with E-state index in [4.69, 9.17) is 9.47 Å². The van der Waals surface area contributed by atoms with Crippen LogP contribution in [0.25, 0.3) is 0 Å². The summed E-state index contributed by atoms with van der Waals surface area (Å²) in [5.74, 6) is 1.34. The number of carbonyl (C=O) groups is 1. The van der Waals surface area contributed by atoms with Gasteiger partial charge >= 0.3 is 0 Å². The molecule has 2 aromatic carbocycles. The number of benzene rings is 2. The molecule has 0 radical (unpaired) electrons. The molecular weight excluding hydrogens is 366 g/mol. The van der Waals surface area contributed by atoms with Crippen molar-refractivity contribution in [2.24, 2.45) is 0 Å². The van der Waals surface area contributed by atoms with Crippen molar-refractivity contribution in [2.45, 2.75) is 13.8 Å². The molecule has 0 aliphatic carbocycles. The normalized spacial score (nSPS) is 10.3. The largest absolute Gasteiger partial charge is 0.497 e. The summed E-state index contributed by atoms with van der Waals surface area (Å²) in [5, 5.41) is 6.11. The summed E-state index contributed by atoms with van der Waals surface area (Å²) in [6, 6.07) is 16.9. The van der Waals surface area contributed by atoms with Gasteiger partial charge in [-0.2, -0.15) is 0 Å². The van der Waals surface area contributed by atoms with Gasteiger partial charge in [0.25, 0.3) is 5.91 Å².